The molecule has 2 N–H and O–H groups in total. The first-order chi connectivity index (χ1) is 7.22. The van der Waals surface area contributed by atoms with Gasteiger partial charge in [-0.1, -0.05) is 25.1 Å². The third kappa shape index (κ3) is 4.26. The molecule has 0 aromatic heterocycles. The SMILES string of the molecule is CCC(=O)NC(=O)CNc1ccccc1. The van der Waals surface area contributed by atoms with E-state index in [0.717, 1.165) is 5.69 Å². The Morgan fingerprint density at radius 2 is 1.80 bits per heavy atom. The minimum Gasteiger partial charge on any atom is -0.376 e. The molecule has 0 unspecified atom stereocenters. The van der Waals surface area contributed by atoms with Crippen LogP contribution < -0.4 is 10.6 Å². The highest BCUT2D eigenvalue weighted by atomic mass is 16.2. The number of hydrogen-bond donors (Lipinski definition) is 2. The second-order valence-corrected chi connectivity index (χ2v) is 3.04. The van der Waals surface area contributed by atoms with Gasteiger partial charge in [-0.3, -0.25) is 14.9 Å². The number of imide groups is 1. The first-order valence-corrected chi connectivity index (χ1v) is 4.84. The summed E-state index contributed by atoms with van der Waals surface area (Å²) in [5, 5.41) is 5.17. The fraction of sp³-hybridized carbons (Fsp3) is 0.273. The summed E-state index contributed by atoms with van der Waals surface area (Å²) >= 11 is 0. The lowest BCUT2D eigenvalue weighted by atomic mass is 10.3. The molecule has 0 spiro atoms. The Labute approximate surface area is 88.7 Å². The van der Waals surface area contributed by atoms with Crippen LogP contribution in [0.3, 0.4) is 0 Å². The average molecular weight is 206 g/mol. The number of para-hydroxylation sites is 1. The molecule has 4 nitrogen and oxygen atoms in total. The van der Waals surface area contributed by atoms with Gasteiger partial charge in [0.1, 0.15) is 0 Å². The van der Waals surface area contributed by atoms with Gasteiger partial charge >= 0.3 is 0 Å². The van der Waals surface area contributed by atoms with Gasteiger partial charge in [0, 0.05) is 12.1 Å². The number of carbonyl (C=O) groups excluding carboxylic acids is 2. The van der Waals surface area contributed by atoms with Gasteiger partial charge < -0.3 is 5.32 Å². The normalized spacial score (nSPS) is 9.40. The average Bonchev–Trinajstić information content (AvgIpc) is 2.27. The number of amides is 2. The first kappa shape index (κ1) is 11.2. The summed E-state index contributed by atoms with van der Waals surface area (Å²) in [5.41, 5.74) is 0.858. The molecule has 1 aromatic rings. The lowest BCUT2D eigenvalue weighted by Crippen LogP contribution is -2.34. The van der Waals surface area contributed by atoms with Crippen LogP contribution in [0.2, 0.25) is 0 Å². The minimum absolute atomic E-state index is 0.107. The molecule has 1 aromatic carbocycles. The van der Waals surface area contributed by atoms with Gasteiger partial charge in [-0.05, 0) is 12.1 Å². The van der Waals surface area contributed by atoms with Crippen LogP contribution in [0.5, 0.6) is 0 Å². The van der Waals surface area contributed by atoms with Crippen LogP contribution in [-0.4, -0.2) is 18.4 Å². The van der Waals surface area contributed by atoms with Crippen LogP contribution in [0.1, 0.15) is 13.3 Å². The van der Waals surface area contributed by atoms with Crippen molar-refractivity contribution in [2.24, 2.45) is 0 Å². The Morgan fingerprint density at radius 3 is 2.40 bits per heavy atom. The highest BCUT2D eigenvalue weighted by molar-refractivity contribution is 5.96. The van der Waals surface area contributed by atoms with Crippen molar-refractivity contribution < 1.29 is 9.59 Å². The zero-order valence-electron chi connectivity index (χ0n) is 8.62. The molecule has 0 atom stereocenters. The van der Waals surface area contributed by atoms with Crippen LogP contribution in [0, 0.1) is 0 Å². The van der Waals surface area contributed by atoms with Gasteiger partial charge in [0.15, 0.2) is 0 Å². The van der Waals surface area contributed by atoms with E-state index in [2.05, 4.69) is 10.6 Å². The smallest absolute Gasteiger partial charge is 0.245 e. The van der Waals surface area contributed by atoms with E-state index in [1.165, 1.54) is 0 Å². The molecule has 0 fully saturated rings. The molecule has 4 heteroatoms. The highest BCUT2D eigenvalue weighted by Crippen LogP contribution is 2.03. The molecule has 0 radical (unpaired) electrons. The fourth-order valence-electron chi connectivity index (χ4n) is 1.03. The molecule has 80 valence electrons. The van der Waals surface area contributed by atoms with Gasteiger partial charge in [-0.2, -0.15) is 0 Å². The zero-order valence-corrected chi connectivity index (χ0v) is 8.62. The quantitative estimate of drug-likeness (QED) is 0.777. The molecule has 0 saturated carbocycles. The van der Waals surface area contributed by atoms with E-state index in [9.17, 15) is 9.59 Å². The highest BCUT2D eigenvalue weighted by Gasteiger charge is 2.04. The summed E-state index contributed by atoms with van der Waals surface area (Å²) in [6.45, 7) is 1.81. The summed E-state index contributed by atoms with van der Waals surface area (Å²) in [6.07, 6.45) is 0.317. The maximum atomic E-state index is 11.2. The maximum Gasteiger partial charge on any atom is 0.245 e. The van der Waals surface area contributed by atoms with Crippen LogP contribution >= 0.6 is 0 Å². The van der Waals surface area contributed by atoms with E-state index < -0.39 is 0 Å². The summed E-state index contributed by atoms with van der Waals surface area (Å²) in [4.78, 5) is 22.1. The van der Waals surface area contributed by atoms with Crippen molar-refractivity contribution in [1.29, 1.82) is 0 Å². The largest absolute Gasteiger partial charge is 0.376 e. The van der Waals surface area contributed by atoms with Gasteiger partial charge in [0.2, 0.25) is 11.8 Å². The third-order valence-corrected chi connectivity index (χ3v) is 1.83. The van der Waals surface area contributed by atoms with Gasteiger partial charge in [0.05, 0.1) is 6.54 Å². The monoisotopic (exact) mass is 206 g/mol. The van der Waals surface area contributed by atoms with Crippen molar-refractivity contribution in [1.82, 2.24) is 5.32 Å². The Balaban J connectivity index is 2.32. The van der Waals surface area contributed by atoms with Crippen molar-refractivity contribution in [2.75, 3.05) is 11.9 Å². The second kappa shape index (κ2) is 5.80. The van der Waals surface area contributed by atoms with Gasteiger partial charge in [-0.25, -0.2) is 0 Å². The topological polar surface area (TPSA) is 58.2 Å². The summed E-state index contributed by atoms with van der Waals surface area (Å²) in [6, 6.07) is 9.35. The fourth-order valence-corrected chi connectivity index (χ4v) is 1.03. The molecule has 0 saturated heterocycles. The van der Waals surface area contributed by atoms with Crippen LogP contribution in [0.4, 0.5) is 5.69 Å². The molecule has 0 aliphatic rings. The summed E-state index contributed by atoms with van der Waals surface area (Å²) in [7, 11) is 0. The number of anilines is 1. The molecule has 1 rings (SSSR count). The van der Waals surface area contributed by atoms with Crippen molar-refractivity contribution in [3.63, 3.8) is 0 Å². The molecule has 0 aliphatic heterocycles. The molecule has 2 amide bonds. The Hall–Kier alpha value is -1.84. The molecule has 0 heterocycles. The van der Waals surface area contributed by atoms with Crippen molar-refractivity contribution in [2.45, 2.75) is 13.3 Å². The predicted octanol–water partition coefficient (Wildman–Crippen LogP) is 1.15. The number of nitrogens with one attached hydrogen (secondary N) is 2. The molecule has 15 heavy (non-hydrogen) atoms. The van der Waals surface area contributed by atoms with E-state index in [-0.39, 0.29) is 18.4 Å². The Kier molecular flexibility index (Phi) is 4.34. The number of carbonyl (C=O) groups is 2. The molecular weight excluding hydrogens is 192 g/mol. The van der Waals surface area contributed by atoms with E-state index >= 15 is 0 Å². The van der Waals surface area contributed by atoms with E-state index in [1.807, 2.05) is 30.3 Å². The number of rotatable bonds is 4. The number of hydrogen-bond acceptors (Lipinski definition) is 3. The molecule has 0 bridgehead atoms. The van der Waals surface area contributed by atoms with Crippen molar-refractivity contribution >= 4 is 17.5 Å². The maximum absolute atomic E-state index is 11.2. The van der Waals surface area contributed by atoms with Crippen LogP contribution in [-0.2, 0) is 9.59 Å². The molecule has 0 aliphatic carbocycles. The summed E-state index contributed by atoms with van der Waals surface area (Å²) in [5.74, 6) is -0.569. The first-order valence-electron chi connectivity index (χ1n) is 4.84. The van der Waals surface area contributed by atoms with Crippen LogP contribution in [0.25, 0.3) is 0 Å². The van der Waals surface area contributed by atoms with E-state index in [4.69, 9.17) is 0 Å². The minimum atomic E-state index is -0.314. The molecular formula is C11H14N2O2. The second-order valence-electron chi connectivity index (χ2n) is 3.04. The van der Waals surface area contributed by atoms with Gasteiger partial charge in [0.25, 0.3) is 0 Å². The predicted molar refractivity (Wildman–Crippen MR) is 58.4 cm³/mol. The zero-order chi connectivity index (χ0) is 11.1. The Morgan fingerprint density at radius 1 is 1.13 bits per heavy atom. The van der Waals surface area contributed by atoms with E-state index in [1.54, 1.807) is 6.92 Å². The van der Waals surface area contributed by atoms with Crippen molar-refractivity contribution in [3.8, 4) is 0 Å². The third-order valence-electron chi connectivity index (χ3n) is 1.83. The Bertz CT molecular complexity index is 336. The van der Waals surface area contributed by atoms with Crippen molar-refractivity contribution in [3.05, 3.63) is 30.3 Å². The van der Waals surface area contributed by atoms with Gasteiger partial charge in [-0.15, -0.1) is 0 Å². The van der Waals surface area contributed by atoms with E-state index in [0.29, 0.717) is 6.42 Å². The lowest BCUT2D eigenvalue weighted by Gasteiger charge is -2.05. The standard InChI is InChI=1S/C11H14N2O2/c1-2-10(14)13-11(15)8-12-9-6-4-3-5-7-9/h3-7,12H,2,8H2,1H3,(H,13,14,15). The summed E-state index contributed by atoms with van der Waals surface area (Å²) < 4.78 is 0. The lowest BCUT2D eigenvalue weighted by molar-refractivity contribution is -0.129. The van der Waals surface area contributed by atoms with Crippen LogP contribution in [0.15, 0.2) is 30.3 Å². The number of benzene rings is 1.